The van der Waals surface area contributed by atoms with Gasteiger partial charge in [-0.25, -0.2) is 8.78 Å². The van der Waals surface area contributed by atoms with E-state index in [0.29, 0.717) is 11.5 Å². The van der Waals surface area contributed by atoms with Gasteiger partial charge in [0, 0.05) is 5.92 Å². The molecule has 148 valence electrons. The van der Waals surface area contributed by atoms with E-state index < -0.39 is 11.6 Å². The molecule has 0 aromatic heterocycles. The van der Waals surface area contributed by atoms with Crippen LogP contribution in [0.1, 0.15) is 88.7 Å². The molecule has 1 aromatic carbocycles. The lowest BCUT2D eigenvalue weighted by molar-refractivity contribution is 0.153. The first-order valence-corrected chi connectivity index (χ1v) is 11.0. The predicted molar refractivity (Wildman–Crippen MR) is 108 cm³/mol. The summed E-state index contributed by atoms with van der Waals surface area (Å²) in [7, 11) is 0. The minimum Gasteiger partial charge on any atom is -0.203 e. The van der Waals surface area contributed by atoms with Crippen LogP contribution in [-0.2, 0) is 0 Å². The Morgan fingerprint density at radius 1 is 0.889 bits per heavy atom. The van der Waals surface area contributed by atoms with Crippen molar-refractivity contribution in [3.63, 3.8) is 0 Å². The lowest BCUT2D eigenvalue weighted by Gasteiger charge is -2.37. The Balaban J connectivity index is 1.47. The van der Waals surface area contributed by atoms with Gasteiger partial charge in [-0.05, 0) is 74.8 Å². The third kappa shape index (κ3) is 5.34. The maximum Gasteiger partial charge on any atom is 0.174 e. The first kappa shape index (κ1) is 20.4. The van der Waals surface area contributed by atoms with Crippen LogP contribution in [0.2, 0.25) is 0 Å². The maximum absolute atomic E-state index is 14.0. The average Bonchev–Trinajstić information content (AvgIpc) is 2.71. The Morgan fingerprint density at radius 3 is 2.15 bits per heavy atom. The summed E-state index contributed by atoms with van der Waals surface area (Å²) in [5.74, 6) is 7.67. The first-order chi connectivity index (χ1) is 13.1. The molecule has 0 aliphatic heterocycles. The van der Waals surface area contributed by atoms with E-state index in [4.69, 9.17) is 0 Å². The third-order valence-corrected chi connectivity index (χ3v) is 6.98. The summed E-state index contributed by atoms with van der Waals surface area (Å²) in [6.07, 6.45) is 14.6. The molecule has 0 nitrogen and oxygen atoms in total. The van der Waals surface area contributed by atoms with Crippen LogP contribution in [-0.4, -0.2) is 0 Å². The number of aryl methyl sites for hydroxylation is 1. The fourth-order valence-corrected chi connectivity index (χ4v) is 5.10. The monoisotopic (exact) mass is 372 g/mol. The Labute approximate surface area is 164 Å². The van der Waals surface area contributed by atoms with Gasteiger partial charge < -0.3 is 0 Å². The molecule has 2 fully saturated rings. The van der Waals surface area contributed by atoms with Crippen molar-refractivity contribution in [3.05, 3.63) is 34.9 Å². The van der Waals surface area contributed by atoms with Gasteiger partial charge in [0.25, 0.3) is 0 Å². The molecular formula is C25H34F2. The number of benzene rings is 1. The molecule has 2 aliphatic rings. The molecule has 0 heterocycles. The molecule has 0 N–H and O–H groups in total. The molecule has 0 saturated heterocycles. The van der Waals surface area contributed by atoms with Crippen LogP contribution in [0.4, 0.5) is 8.78 Å². The fourth-order valence-electron chi connectivity index (χ4n) is 5.10. The van der Waals surface area contributed by atoms with Crippen LogP contribution in [0.15, 0.2) is 12.1 Å². The van der Waals surface area contributed by atoms with Gasteiger partial charge in [-0.1, -0.05) is 56.9 Å². The van der Waals surface area contributed by atoms with Crippen molar-refractivity contribution in [2.45, 2.75) is 84.5 Å². The van der Waals surface area contributed by atoms with E-state index in [1.807, 2.05) is 0 Å². The van der Waals surface area contributed by atoms with Crippen molar-refractivity contribution in [1.82, 2.24) is 0 Å². The molecule has 0 unspecified atom stereocenters. The summed E-state index contributed by atoms with van der Waals surface area (Å²) in [5, 5.41) is 0. The molecule has 2 heteroatoms. The van der Waals surface area contributed by atoms with Crippen molar-refractivity contribution >= 4 is 0 Å². The Hall–Kier alpha value is -1.36. The van der Waals surface area contributed by atoms with Gasteiger partial charge in [-0.3, -0.25) is 0 Å². The standard InChI is InChI=1S/C25H34F2/c1-3-4-5-19-7-13-21(14-8-19)22-15-9-20(10-16-22)11-17-23-12-6-18(2)24(26)25(23)27/h6,12,19-22H,3-5,7-10,13-16H2,1-2H3/t19-,20?,21-,22?. The Bertz CT molecular complexity index is 666. The molecule has 2 saturated carbocycles. The molecular weight excluding hydrogens is 338 g/mol. The van der Waals surface area contributed by atoms with Crippen LogP contribution >= 0.6 is 0 Å². The third-order valence-electron chi connectivity index (χ3n) is 6.98. The zero-order chi connectivity index (χ0) is 19.2. The fraction of sp³-hybridized carbons (Fsp3) is 0.680. The van der Waals surface area contributed by atoms with Crippen molar-refractivity contribution in [2.24, 2.45) is 23.7 Å². The summed E-state index contributed by atoms with van der Waals surface area (Å²) < 4.78 is 27.6. The van der Waals surface area contributed by atoms with Crippen LogP contribution in [0.5, 0.6) is 0 Å². The molecule has 27 heavy (non-hydrogen) atoms. The van der Waals surface area contributed by atoms with E-state index >= 15 is 0 Å². The highest BCUT2D eigenvalue weighted by Gasteiger charge is 2.30. The lowest BCUT2D eigenvalue weighted by atomic mass is 9.69. The Kier molecular flexibility index (Phi) is 7.33. The van der Waals surface area contributed by atoms with E-state index in [1.54, 1.807) is 19.1 Å². The van der Waals surface area contributed by atoms with E-state index in [1.165, 1.54) is 57.8 Å². The normalized spacial score (nSPS) is 28.4. The Morgan fingerprint density at radius 2 is 1.52 bits per heavy atom. The zero-order valence-corrected chi connectivity index (χ0v) is 17.0. The summed E-state index contributed by atoms with van der Waals surface area (Å²) in [6.45, 7) is 3.87. The van der Waals surface area contributed by atoms with Crippen LogP contribution in [0.3, 0.4) is 0 Å². The summed E-state index contributed by atoms with van der Waals surface area (Å²) in [5.41, 5.74) is 0.536. The van der Waals surface area contributed by atoms with E-state index in [0.717, 1.165) is 30.6 Å². The minimum atomic E-state index is -0.795. The first-order valence-electron chi connectivity index (χ1n) is 11.0. The van der Waals surface area contributed by atoms with E-state index in [2.05, 4.69) is 18.8 Å². The van der Waals surface area contributed by atoms with Gasteiger partial charge in [-0.2, -0.15) is 0 Å². The van der Waals surface area contributed by atoms with Gasteiger partial charge in [0.05, 0.1) is 5.56 Å². The second kappa shape index (κ2) is 9.72. The second-order valence-electron chi connectivity index (χ2n) is 8.86. The SMILES string of the molecule is CCCC[C@H]1CC[C@H](C2CCC(C#Cc3ccc(C)c(F)c3F)CC2)CC1. The number of rotatable bonds is 4. The number of hydrogen-bond donors (Lipinski definition) is 0. The van der Waals surface area contributed by atoms with Gasteiger partial charge in [0.2, 0.25) is 0 Å². The van der Waals surface area contributed by atoms with Crippen molar-refractivity contribution in [2.75, 3.05) is 0 Å². The summed E-state index contributed by atoms with van der Waals surface area (Å²) in [4.78, 5) is 0. The van der Waals surface area contributed by atoms with Gasteiger partial charge in [0.1, 0.15) is 0 Å². The molecule has 0 atom stereocenters. The molecule has 2 aliphatic carbocycles. The zero-order valence-electron chi connectivity index (χ0n) is 17.0. The second-order valence-corrected chi connectivity index (χ2v) is 8.86. The molecule has 0 spiro atoms. The van der Waals surface area contributed by atoms with Crippen LogP contribution < -0.4 is 0 Å². The summed E-state index contributed by atoms with van der Waals surface area (Å²) >= 11 is 0. The summed E-state index contributed by atoms with van der Waals surface area (Å²) in [6, 6.07) is 3.21. The number of hydrogen-bond acceptors (Lipinski definition) is 0. The molecule has 0 radical (unpaired) electrons. The van der Waals surface area contributed by atoms with Gasteiger partial charge >= 0.3 is 0 Å². The smallest absolute Gasteiger partial charge is 0.174 e. The predicted octanol–water partition coefficient (Wildman–Crippen LogP) is 7.43. The van der Waals surface area contributed by atoms with Crippen molar-refractivity contribution < 1.29 is 8.78 Å². The highest BCUT2D eigenvalue weighted by Crippen LogP contribution is 2.42. The topological polar surface area (TPSA) is 0 Å². The van der Waals surface area contributed by atoms with Crippen LogP contribution in [0.25, 0.3) is 0 Å². The highest BCUT2D eigenvalue weighted by atomic mass is 19.2. The number of halogens is 2. The maximum atomic E-state index is 14.0. The van der Waals surface area contributed by atoms with Crippen LogP contribution in [0, 0.1) is 54.1 Å². The minimum absolute atomic E-state index is 0.200. The van der Waals surface area contributed by atoms with Gasteiger partial charge in [-0.15, -0.1) is 0 Å². The molecule has 3 rings (SSSR count). The van der Waals surface area contributed by atoms with Crippen molar-refractivity contribution in [1.29, 1.82) is 0 Å². The average molecular weight is 373 g/mol. The highest BCUT2D eigenvalue weighted by molar-refractivity contribution is 5.38. The largest absolute Gasteiger partial charge is 0.203 e. The molecule has 0 bridgehead atoms. The number of unbranched alkanes of at least 4 members (excludes halogenated alkanes) is 1. The van der Waals surface area contributed by atoms with Crippen molar-refractivity contribution in [3.8, 4) is 11.8 Å². The molecule has 1 aromatic rings. The lowest BCUT2D eigenvalue weighted by Crippen LogP contribution is -2.25. The van der Waals surface area contributed by atoms with E-state index in [9.17, 15) is 8.78 Å². The molecule has 0 amide bonds. The van der Waals surface area contributed by atoms with Gasteiger partial charge in [0.15, 0.2) is 11.6 Å². The quantitative estimate of drug-likeness (QED) is 0.482. The van der Waals surface area contributed by atoms with E-state index in [-0.39, 0.29) is 5.56 Å².